The molecule has 0 aliphatic heterocycles. The summed E-state index contributed by atoms with van der Waals surface area (Å²) in [4.78, 5) is 18.3. The van der Waals surface area contributed by atoms with Crippen molar-refractivity contribution in [2.75, 3.05) is 23.9 Å². The van der Waals surface area contributed by atoms with Crippen molar-refractivity contribution in [1.29, 1.82) is 0 Å². The van der Waals surface area contributed by atoms with Crippen molar-refractivity contribution in [3.63, 3.8) is 0 Å². The van der Waals surface area contributed by atoms with Gasteiger partial charge in [0.2, 0.25) is 0 Å². The number of rotatable bonds is 6. The lowest BCUT2D eigenvalue weighted by Crippen LogP contribution is -2.14. The van der Waals surface area contributed by atoms with Gasteiger partial charge in [-0.25, -0.2) is 23.2 Å². The van der Waals surface area contributed by atoms with Gasteiger partial charge in [0.05, 0.1) is 5.75 Å². The number of hydrogen-bond acceptors (Lipinski definition) is 6. The van der Waals surface area contributed by atoms with Gasteiger partial charge in [-0.1, -0.05) is 0 Å². The Balaban J connectivity index is 2.55. The molecule has 0 aromatic carbocycles. The number of nitrogens with one attached hydrogen (secondary N) is 1. The molecule has 1 rings (SSSR count). The van der Waals surface area contributed by atoms with Gasteiger partial charge in [0.25, 0.3) is 0 Å². The SMILES string of the molecule is CS(=O)(=O)CCCNc1nccnc1C(=O)O. The Morgan fingerprint density at radius 3 is 2.65 bits per heavy atom. The van der Waals surface area contributed by atoms with Gasteiger partial charge in [-0.3, -0.25) is 0 Å². The normalized spacial score (nSPS) is 11.1. The van der Waals surface area contributed by atoms with Crippen LogP contribution in [0.5, 0.6) is 0 Å². The monoisotopic (exact) mass is 259 g/mol. The molecule has 0 saturated heterocycles. The van der Waals surface area contributed by atoms with E-state index in [4.69, 9.17) is 5.11 Å². The molecule has 1 heterocycles. The molecule has 0 bridgehead atoms. The van der Waals surface area contributed by atoms with Gasteiger partial charge in [-0.05, 0) is 6.42 Å². The maximum Gasteiger partial charge on any atom is 0.358 e. The molecule has 0 unspecified atom stereocenters. The highest BCUT2D eigenvalue weighted by molar-refractivity contribution is 7.90. The van der Waals surface area contributed by atoms with Gasteiger partial charge >= 0.3 is 5.97 Å². The van der Waals surface area contributed by atoms with Gasteiger partial charge in [-0.15, -0.1) is 0 Å². The Bertz CT molecular complexity index is 501. The van der Waals surface area contributed by atoms with E-state index in [1.165, 1.54) is 12.4 Å². The lowest BCUT2D eigenvalue weighted by molar-refractivity contribution is 0.0691. The Hall–Kier alpha value is -1.70. The summed E-state index contributed by atoms with van der Waals surface area (Å²) in [6, 6.07) is 0. The molecule has 8 heteroatoms. The average Bonchev–Trinajstić information content (AvgIpc) is 2.23. The molecule has 0 aliphatic carbocycles. The number of sulfone groups is 1. The average molecular weight is 259 g/mol. The number of carboxylic acids is 1. The number of anilines is 1. The second-order valence-corrected chi connectivity index (χ2v) is 5.73. The van der Waals surface area contributed by atoms with E-state index in [9.17, 15) is 13.2 Å². The second kappa shape index (κ2) is 5.58. The molecule has 17 heavy (non-hydrogen) atoms. The zero-order valence-corrected chi connectivity index (χ0v) is 10.1. The highest BCUT2D eigenvalue weighted by Crippen LogP contribution is 2.07. The minimum absolute atomic E-state index is 0.0443. The summed E-state index contributed by atoms with van der Waals surface area (Å²) in [5, 5.41) is 11.6. The number of nitrogens with zero attached hydrogens (tertiary/aromatic N) is 2. The fourth-order valence-corrected chi connectivity index (χ4v) is 1.83. The molecule has 94 valence electrons. The maximum atomic E-state index is 10.9. The van der Waals surface area contributed by atoms with Gasteiger partial charge in [-0.2, -0.15) is 0 Å². The zero-order valence-electron chi connectivity index (χ0n) is 9.25. The van der Waals surface area contributed by atoms with Crippen molar-refractivity contribution in [2.45, 2.75) is 6.42 Å². The predicted molar refractivity (Wildman–Crippen MR) is 61.8 cm³/mol. The van der Waals surface area contributed by atoms with Crippen molar-refractivity contribution in [2.24, 2.45) is 0 Å². The largest absolute Gasteiger partial charge is 0.476 e. The third-order valence-electron chi connectivity index (χ3n) is 1.89. The van der Waals surface area contributed by atoms with E-state index in [0.717, 1.165) is 6.26 Å². The van der Waals surface area contributed by atoms with E-state index < -0.39 is 15.8 Å². The minimum Gasteiger partial charge on any atom is -0.476 e. The van der Waals surface area contributed by atoms with Crippen molar-refractivity contribution >= 4 is 21.6 Å². The first-order valence-corrected chi connectivity index (χ1v) is 6.92. The molecule has 1 aromatic heterocycles. The number of aromatic nitrogens is 2. The third-order valence-corrected chi connectivity index (χ3v) is 2.92. The first-order valence-electron chi connectivity index (χ1n) is 4.86. The molecule has 0 fully saturated rings. The summed E-state index contributed by atoms with van der Waals surface area (Å²) in [6.45, 7) is 0.325. The number of carbonyl (C=O) groups is 1. The summed E-state index contributed by atoms with van der Waals surface area (Å²) in [6.07, 6.45) is 4.18. The van der Waals surface area contributed by atoms with Gasteiger partial charge in [0, 0.05) is 25.2 Å². The Morgan fingerprint density at radius 1 is 1.41 bits per heavy atom. The number of aromatic carboxylic acids is 1. The molecular formula is C9H13N3O4S. The summed E-state index contributed by atoms with van der Waals surface area (Å²) in [5.41, 5.74) is -0.174. The second-order valence-electron chi connectivity index (χ2n) is 3.47. The standard InChI is InChI=1S/C9H13N3O4S/c1-17(15,16)6-2-3-11-8-7(9(13)14)10-4-5-12-8/h4-5H,2-3,6H2,1H3,(H,11,12)(H,13,14). The summed E-state index contributed by atoms with van der Waals surface area (Å²) in [7, 11) is -3.00. The smallest absolute Gasteiger partial charge is 0.358 e. The van der Waals surface area contributed by atoms with Crippen LogP contribution in [0, 0.1) is 0 Å². The van der Waals surface area contributed by atoms with Crippen molar-refractivity contribution in [3.05, 3.63) is 18.1 Å². The number of carboxylic acid groups (broad SMARTS) is 1. The third kappa shape index (κ3) is 4.77. The zero-order chi connectivity index (χ0) is 12.9. The topological polar surface area (TPSA) is 109 Å². The Morgan fingerprint density at radius 2 is 2.06 bits per heavy atom. The van der Waals surface area contributed by atoms with Crippen molar-refractivity contribution in [1.82, 2.24) is 9.97 Å². The lowest BCUT2D eigenvalue weighted by Gasteiger charge is -2.06. The summed E-state index contributed by atoms with van der Waals surface area (Å²) < 4.78 is 21.7. The van der Waals surface area contributed by atoms with Crippen LogP contribution in [-0.2, 0) is 9.84 Å². The van der Waals surface area contributed by atoms with Crippen LogP contribution in [0.4, 0.5) is 5.82 Å². The molecule has 0 atom stereocenters. The van der Waals surface area contributed by atoms with Crippen LogP contribution in [0.3, 0.4) is 0 Å². The molecule has 0 amide bonds. The lowest BCUT2D eigenvalue weighted by atomic mass is 10.4. The Labute approximate surface area is 98.8 Å². The molecule has 0 aliphatic rings. The summed E-state index contributed by atoms with van der Waals surface area (Å²) in [5.74, 6) is -0.986. The molecular weight excluding hydrogens is 246 g/mol. The van der Waals surface area contributed by atoms with E-state index >= 15 is 0 Å². The highest BCUT2D eigenvalue weighted by Gasteiger charge is 2.11. The quantitative estimate of drug-likeness (QED) is 0.693. The van der Waals surface area contributed by atoms with Crippen molar-refractivity contribution in [3.8, 4) is 0 Å². The van der Waals surface area contributed by atoms with Crippen LogP contribution < -0.4 is 5.32 Å². The summed E-state index contributed by atoms with van der Waals surface area (Å²) >= 11 is 0. The van der Waals surface area contributed by atoms with Gasteiger partial charge in [0.1, 0.15) is 9.84 Å². The first kappa shape index (κ1) is 13.4. The van der Waals surface area contributed by atoms with Gasteiger partial charge < -0.3 is 10.4 Å². The van der Waals surface area contributed by atoms with E-state index in [2.05, 4.69) is 15.3 Å². The molecule has 0 saturated carbocycles. The highest BCUT2D eigenvalue weighted by atomic mass is 32.2. The molecule has 1 aromatic rings. The van der Waals surface area contributed by atoms with E-state index in [0.29, 0.717) is 13.0 Å². The molecule has 7 nitrogen and oxygen atoms in total. The Kier molecular flexibility index (Phi) is 4.38. The first-order chi connectivity index (χ1) is 7.90. The van der Waals surface area contributed by atoms with Crippen LogP contribution in [0.25, 0.3) is 0 Å². The fourth-order valence-electron chi connectivity index (χ4n) is 1.17. The molecule has 2 N–H and O–H groups in total. The van der Waals surface area contributed by atoms with Crippen molar-refractivity contribution < 1.29 is 18.3 Å². The van der Waals surface area contributed by atoms with Crippen LogP contribution in [-0.4, -0.2) is 48.0 Å². The number of hydrogen-bond donors (Lipinski definition) is 2. The maximum absolute atomic E-state index is 10.9. The van der Waals surface area contributed by atoms with Crippen LogP contribution in [0.15, 0.2) is 12.4 Å². The predicted octanol–water partition coefficient (Wildman–Crippen LogP) is 0.0214. The van der Waals surface area contributed by atoms with Crippen LogP contribution >= 0.6 is 0 Å². The molecule has 0 radical (unpaired) electrons. The fraction of sp³-hybridized carbons (Fsp3) is 0.444. The van der Waals surface area contributed by atoms with Crippen LogP contribution in [0.1, 0.15) is 16.9 Å². The van der Waals surface area contributed by atoms with Crippen LogP contribution in [0.2, 0.25) is 0 Å². The van der Waals surface area contributed by atoms with E-state index in [1.54, 1.807) is 0 Å². The van der Waals surface area contributed by atoms with E-state index in [-0.39, 0.29) is 17.3 Å². The van der Waals surface area contributed by atoms with E-state index in [1.807, 2.05) is 0 Å². The van der Waals surface area contributed by atoms with Gasteiger partial charge in [0.15, 0.2) is 11.5 Å². The minimum atomic E-state index is -3.00. The molecule has 0 spiro atoms.